The van der Waals surface area contributed by atoms with Crippen LogP contribution in [0.5, 0.6) is 0 Å². The highest BCUT2D eigenvalue weighted by Crippen LogP contribution is 1.97. The zero-order valence-corrected chi connectivity index (χ0v) is 6.96. The van der Waals surface area contributed by atoms with E-state index in [2.05, 4.69) is 14.8 Å². The molecule has 0 aliphatic carbocycles. The molecule has 0 fully saturated rings. The molecule has 0 aliphatic heterocycles. The number of methoxy groups -OCH3 is 2. The maximum absolute atomic E-state index is 10.8. The second kappa shape index (κ2) is 4.91. The lowest BCUT2D eigenvalue weighted by Gasteiger charge is -2.07. The van der Waals surface area contributed by atoms with Crippen LogP contribution in [-0.4, -0.2) is 42.3 Å². The lowest BCUT2D eigenvalue weighted by Crippen LogP contribution is -2.39. The zero-order valence-electron chi connectivity index (χ0n) is 6.96. The molecule has 0 spiro atoms. The summed E-state index contributed by atoms with van der Waals surface area (Å²) in [5, 5.41) is 20.7. The Morgan fingerprint density at radius 3 is 2.00 bits per heavy atom. The van der Waals surface area contributed by atoms with Crippen molar-refractivity contribution in [1.82, 2.24) is 0 Å². The van der Waals surface area contributed by atoms with E-state index in [9.17, 15) is 14.8 Å². The standard InChI is InChI=1S/C5H8N2O6/c1-12-4(8)3(5(9)13-2)7(11)6-10/h3,10H,1-2H3/b7-6-. The number of rotatable bonds is 3. The summed E-state index contributed by atoms with van der Waals surface area (Å²) in [6.45, 7) is 0. The van der Waals surface area contributed by atoms with Gasteiger partial charge in [0.15, 0.2) is 5.28 Å². The predicted molar refractivity (Wildman–Crippen MR) is 35.7 cm³/mol. The minimum Gasteiger partial charge on any atom is -0.596 e. The van der Waals surface area contributed by atoms with Crippen LogP contribution >= 0.6 is 0 Å². The summed E-state index contributed by atoms with van der Waals surface area (Å²) in [6, 6.07) is -1.93. The maximum Gasteiger partial charge on any atom is 0.391 e. The quantitative estimate of drug-likeness (QED) is 0.203. The number of nitrogens with zero attached hydrogens (tertiary/aromatic N) is 2. The highest BCUT2D eigenvalue weighted by atomic mass is 16.6. The summed E-state index contributed by atoms with van der Waals surface area (Å²) >= 11 is 0. The van der Waals surface area contributed by atoms with E-state index >= 15 is 0 Å². The summed E-state index contributed by atoms with van der Waals surface area (Å²) in [5.41, 5.74) is 0. The highest BCUT2D eigenvalue weighted by Gasteiger charge is 2.39. The highest BCUT2D eigenvalue weighted by molar-refractivity contribution is 5.97. The molecule has 8 heteroatoms. The van der Waals surface area contributed by atoms with E-state index in [-0.39, 0.29) is 0 Å². The molecule has 0 saturated carbocycles. The van der Waals surface area contributed by atoms with Gasteiger partial charge in [0.2, 0.25) is 0 Å². The molecule has 0 aromatic rings. The fourth-order valence-electron chi connectivity index (χ4n) is 0.551. The van der Waals surface area contributed by atoms with Gasteiger partial charge in [-0.3, -0.25) is 0 Å². The van der Waals surface area contributed by atoms with Gasteiger partial charge in [-0.15, -0.1) is 0 Å². The topological polar surface area (TPSA) is 111 Å². The van der Waals surface area contributed by atoms with Crippen molar-refractivity contribution in [3.05, 3.63) is 5.21 Å². The minimum atomic E-state index is -1.93. The van der Waals surface area contributed by atoms with E-state index in [0.29, 0.717) is 0 Å². The lowest BCUT2D eigenvalue weighted by molar-refractivity contribution is -0.570. The molecular formula is C5H8N2O6. The molecule has 0 radical (unpaired) electrons. The van der Waals surface area contributed by atoms with Crippen LogP contribution in [0, 0.1) is 5.21 Å². The second-order valence-electron chi connectivity index (χ2n) is 1.84. The van der Waals surface area contributed by atoms with Gasteiger partial charge < -0.3 is 19.9 Å². The van der Waals surface area contributed by atoms with Gasteiger partial charge in [0, 0.05) is 0 Å². The summed E-state index contributed by atoms with van der Waals surface area (Å²) in [5.74, 6) is -2.33. The van der Waals surface area contributed by atoms with Crippen molar-refractivity contribution in [1.29, 1.82) is 0 Å². The largest absolute Gasteiger partial charge is 0.596 e. The Labute approximate surface area is 72.9 Å². The monoisotopic (exact) mass is 192 g/mol. The number of carbonyl (C=O) groups excluding carboxylic acids is 2. The van der Waals surface area contributed by atoms with Gasteiger partial charge in [-0.1, -0.05) is 0 Å². The molecule has 1 N–H and O–H groups in total. The Bertz CT molecular complexity index is 221. The van der Waals surface area contributed by atoms with Crippen LogP contribution in [0.1, 0.15) is 0 Å². The average Bonchev–Trinajstić information content (AvgIpc) is 2.16. The predicted octanol–water partition coefficient (Wildman–Crippen LogP) is -0.947. The van der Waals surface area contributed by atoms with E-state index in [1.807, 2.05) is 0 Å². The fourth-order valence-corrected chi connectivity index (χ4v) is 0.551. The van der Waals surface area contributed by atoms with Gasteiger partial charge in [0.1, 0.15) is 0 Å². The first-order chi connectivity index (χ1) is 6.08. The van der Waals surface area contributed by atoms with Gasteiger partial charge in [-0.2, -0.15) is 0 Å². The molecule has 0 bridgehead atoms. The first-order valence-electron chi connectivity index (χ1n) is 3.05. The van der Waals surface area contributed by atoms with Crippen LogP contribution in [0.15, 0.2) is 5.28 Å². The van der Waals surface area contributed by atoms with Crippen LogP contribution < -0.4 is 0 Å². The third-order valence-electron chi connectivity index (χ3n) is 1.16. The molecule has 0 aliphatic rings. The molecule has 8 nitrogen and oxygen atoms in total. The lowest BCUT2D eigenvalue weighted by atomic mass is 10.3. The average molecular weight is 192 g/mol. The number of esters is 2. The molecule has 0 unspecified atom stereocenters. The van der Waals surface area contributed by atoms with Gasteiger partial charge in [-0.05, 0) is 4.86 Å². The van der Waals surface area contributed by atoms with Crippen LogP contribution in [0.3, 0.4) is 0 Å². The van der Waals surface area contributed by atoms with E-state index in [0.717, 1.165) is 14.2 Å². The molecule has 0 heterocycles. The van der Waals surface area contributed by atoms with E-state index in [1.54, 1.807) is 0 Å². The Kier molecular flexibility index (Phi) is 4.20. The van der Waals surface area contributed by atoms with E-state index < -0.39 is 22.8 Å². The molecule has 0 saturated heterocycles. The summed E-state index contributed by atoms with van der Waals surface area (Å²) in [7, 11) is 1.95. The minimum absolute atomic E-state index is 0.516. The van der Waals surface area contributed by atoms with Crippen molar-refractivity contribution in [3.8, 4) is 0 Å². The second-order valence-corrected chi connectivity index (χ2v) is 1.84. The van der Waals surface area contributed by atoms with Crippen LogP contribution in [0.2, 0.25) is 0 Å². The maximum atomic E-state index is 10.8. The van der Waals surface area contributed by atoms with E-state index in [4.69, 9.17) is 5.21 Å². The molecular weight excluding hydrogens is 184 g/mol. The van der Waals surface area contributed by atoms with Crippen molar-refractivity contribution in [2.75, 3.05) is 14.2 Å². The molecule has 0 amide bonds. The number of hydrogen-bond acceptors (Lipinski definition) is 6. The first-order valence-corrected chi connectivity index (χ1v) is 3.05. The third-order valence-corrected chi connectivity index (χ3v) is 1.16. The Morgan fingerprint density at radius 2 is 1.77 bits per heavy atom. The van der Waals surface area contributed by atoms with Crippen molar-refractivity contribution in [2.45, 2.75) is 6.04 Å². The van der Waals surface area contributed by atoms with Crippen molar-refractivity contribution in [3.63, 3.8) is 0 Å². The van der Waals surface area contributed by atoms with Crippen molar-refractivity contribution >= 4 is 11.9 Å². The first kappa shape index (κ1) is 11.1. The molecule has 13 heavy (non-hydrogen) atoms. The summed E-state index contributed by atoms with van der Waals surface area (Å²) in [4.78, 5) is 21.0. The van der Waals surface area contributed by atoms with Crippen molar-refractivity contribution < 1.29 is 29.1 Å². The summed E-state index contributed by atoms with van der Waals surface area (Å²) in [6.07, 6.45) is 0. The van der Waals surface area contributed by atoms with Gasteiger partial charge in [0.05, 0.1) is 14.2 Å². The van der Waals surface area contributed by atoms with Crippen LogP contribution in [-0.2, 0) is 19.1 Å². The van der Waals surface area contributed by atoms with Gasteiger partial charge >= 0.3 is 18.0 Å². The number of carbonyl (C=O) groups is 2. The SMILES string of the molecule is COC(=O)C(C(=O)OC)/[N+]([O-])=N/O. The third kappa shape index (κ3) is 2.58. The number of hydrogen-bond donors (Lipinski definition) is 1. The zero-order chi connectivity index (χ0) is 10.4. The Balaban J connectivity index is 4.75. The van der Waals surface area contributed by atoms with Crippen LogP contribution in [0.25, 0.3) is 0 Å². The molecule has 0 rings (SSSR count). The van der Waals surface area contributed by atoms with Gasteiger partial charge in [0.25, 0.3) is 0 Å². The number of hydroxylamine groups is 1. The smallest absolute Gasteiger partial charge is 0.391 e. The fraction of sp³-hybridized carbons (Fsp3) is 0.600. The number of ether oxygens (including phenoxy) is 2. The Hall–Kier alpha value is -1.86. The summed E-state index contributed by atoms with van der Waals surface area (Å²) < 4.78 is 8.21. The molecule has 0 aromatic heterocycles. The van der Waals surface area contributed by atoms with E-state index in [1.165, 1.54) is 0 Å². The van der Waals surface area contributed by atoms with Crippen molar-refractivity contribution in [2.24, 2.45) is 5.28 Å². The Morgan fingerprint density at radius 1 is 1.38 bits per heavy atom. The normalized spacial score (nSPS) is 11.2. The molecule has 0 atom stereocenters. The van der Waals surface area contributed by atoms with Crippen LogP contribution in [0.4, 0.5) is 0 Å². The van der Waals surface area contributed by atoms with Gasteiger partial charge in [-0.25, -0.2) is 9.59 Å². The molecule has 74 valence electrons. The molecule has 0 aromatic carbocycles.